The highest BCUT2D eigenvalue weighted by atomic mass is 127. The van der Waals surface area contributed by atoms with Crippen molar-refractivity contribution < 1.29 is 0 Å². The predicted molar refractivity (Wildman–Crippen MR) is 111 cm³/mol. The molecule has 6 nitrogen and oxygen atoms in total. The van der Waals surface area contributed by atoms with Crippen LogP contribution in [0.3, 0.4) is 0 Å². The van der Waals surface area contributed by atoms with Gasteiger partial charge < -0.3 is 15.5 Å². The lowest BCUT2D eigenvalue weighted by atomic mass is 10.1. The van der Waals surface area contributed by atoms with Crippen molar-refractivity contribution in [1.29, 1.82) is 0 Å². The van der Waals surface area contributed by atoms with E-state index in [2.05, 4.69) is 32.3 Å². The lowest BCUT2D eigenvalue weighted by Gasteiger charge is -2.47. The molecule has 0 radical (unpaired) electrons. The average molecular weight is 450 g/mol. The second kappa shape index (κ2) is 10.8. The van der Waals surface area contributed by atoms with Gasteiger partial charge in [-0.3, -0.25) is 14.8 Å². The van der Waals surface area contributed by atoms with E-state index >= 15 is 0 Å². The summed E-state index contributed by atoms with van der Waals surface area (Å²) >= 11 is 0. The summed E-state index contributed by atoms with van der Waals surface area (Å²) in [5.74, 6) is 0.988. The molecule has 1 atom stereocenters. The minimum atomic E-state index is 0. The van der Waals surface area contributed by atoms with Crippen molar-refractivity contribution in [2.75, 3.05) is 72.0 Å². The number of rotatable bonds is 6. The van der Waals surface area contributed by atoms with E-state index < -0.39 is 0 Å². The van der Waals surface area contributed by atoms with Crippen LogP contribution < -0.4 is 10.6 Å². The molecule has 0 spiro atoms. The molecule has 2 N–H and O–H groups in total. The number of nitrogens with one attached hydrogen (secondary N) is 2. The van der Waals surface area contributed by atoms with Crippen molar-refractivity contribution in [3.63, 3.8) is 0 Å². The number of halogens is 1. The van der Waals surface area contributed by atoms with Gasteiger partial charge in [0.2, 0.25) is 0 Å². The van der Waals surface area contributed by atoms with Gasteiger partial charge in [0.15, 0.2) is 5.96 Å². The maximum absolute atomic E-state index is 4.85. The fourth-order valence-electron chi connectivity index (χ4n) is 3.95. The quantitative estimate of drug-likeness (QED) is 0.354. The van der Waals surface area contributed by atoms with Gasteiger partial charge in [-0.05, 0) is 32.9 Å². The molecule has 0 aliphatic carbocycles. The Morgan fingerprint density at radius 1 is 1.00 bits per heavy atom. The normalized spacial score (nSPS) is 30.7. The Hall–Kier alpha value is -0.120. The summed E-state index contributed by atoms with van der Waals surface area (Å²) in [5.41, 5.74) is 0. The molecule has 24 heavy (non-hydrogen) atoms. The van der Waals surface area contributed by atoms with Crippen molar-refractivity contribution in [2.45, 2.75) is 32.2 Å². The van der Waals surface area contributed by atoms with Crippen molar-refractivity contribution >= 4 is 29.9 Å². The Morgan fingerprint density at radius 2 is 1.75 bits per heavy atom. The number of piperidine rings is 1. The number of likely N-dealkylation sites (tertiary alicyclic amines) is 1. The van der Waals surface area contributed by atoms with Gasteiger partial charge in [0.05, 0.1) is 6.54 Å². The smallest absolute Gasteiger partial charge is 0.191 e. The molecule has 0 saturated carbocycles. The minimum Gasteiger partial charge on any atom is -0.357 e. The maximum Gasteiger partial charge on any atom is 0.191 e. The molecule has 4 aliphatic heterocycles. The molecule has 4 heterocycles. The molecule has 0 amide bonds. The second-order valence-corrected chi connectivity index (χ2v) is 7.04. The first-order valence-corrected chi connectivity index (χ1v) is 9.56. The van der Waals surface area contributed by atoms with E-state index in [0.717, 1.165) is 32.1 Å². The number of hydrogen-bond acceptors (Lipinski definition) is 4. The number of guanidine groups is 1. The number of fused-ring (bicyclic) bond motifs is 3. The number of aliphatic imine (C=N–C) groups is 1. The molecule has 4 rings (SSSR count). The molecule has 4 saturated heterocycles. The highest BCUT2D eigenvalue weighted by molar-refractivity contribution is 14.0. The van der Waals surface area contributed by atoms with Gasteiger partial charge in [0, 0.05) is 58.4 Å². The Morgan fingerprint density at radius 3 is 2.38 bits per heavy atom. The lowest BCUT2D eigenvalue weighted by Crippen LogP contribution is -2.62. The van der Waals surface area contributed by atoms with E-state index in [9.17, 15) is 0 Å². The fourth-order valence-corrected chi connectivity index (χ4v) is 3.95. The van der Waals surface area contributed by atoms with Crippen LogP contribution >= 0.6 is 24.0 Å². The zero-order valence-corrected chi connectivity index (χ0v) is 17.5. The zero-order chi connectivity index (χ0) is 15.9. The SMILES string of the molecule is CCNC(=NCC1CN2CCN1CC2)NCCN1CCCCC1.I. The third kappa shape index (κ3) is 6.00. The van der Waals surface area contributed by atoms with Crippen molar-refractivity contribution in [2.24, 2.45) is 4.99 Å². The van der Waals surface area contributed by atoms with Crippen LogP contribution in [0.1, 0.15) is 26.2 Å². The Balaban J connectivity index is 0.00000208. The predicted octanol–water partition coefficient (Wildman–Crippen LogP) is 0.645. The van der Waals surface area contributed by atoms with Crippen LogP contribution in [0.2, 0.25) is 0 Å². The molecule has 7 heteroatoms. The Kier molecular flexibility index (Phi) is 9.07. The summed E-state index contributed by atoms with van der Waals surface area (Å²) in [6.45, 7) is 14.8. The van der Waals surface area contributed by atoms with Crippen molar-refractivity contribution in [3.8, 4) is 0 Å². The van der Waals surface area contributed by atoms with Crippen LogP contribution in [-0.4, -0.2) is 98.7 Å². The molecule has 4 aliphatic rings. The summed E-state index contributed by atoms with van der Waals surface area (Å²) in [6, 6.07) is 0.607. The van der Waals surface area contributed by atoms with E-state index in [4.69, 9.17) is 4.99 Å². The summed E-state index contributed by atoms with van der Waals surface area (Å²) in [5, 5.41) is 6.91. The highest BCUT2D eigenvalue weighted by Crippen LogP contribution is 2.15. The monoisotopic (exact) mass is 450 g/mol. The van der Waals surface area contributed by atoms with Gasteiger partial charge in [-0.1, -0.05) is 6.42 Å². The first-order valence-electron chi connectivity index (χ1n) is 9.56. The van der Waals surface area contributed by atoms with Crippen molar-refractivity contribution in [1.82, 2.24) is 25.3 Å². The molecule has 140 valence electrons. The first kappa shape index (κ1) is 20.2. The highest BCUT2D eigenvalue weighted by Gasteiger charge is 2.31. The van der Waals surface area contributed by atoms with E-state index in [0.29, 0.717) is 6.04 Å². The van der Waals surface area contributed by atoms with Gasteiger partial charge in [-0.25, -0.2) is 0 Å². The summed E-state index contributed by atoms with van der Waals surface area (Å²) in [6.07, 6.45) is 4.13. The van der Waals surface area contributed by atoms with Gasteiger partial charge in [-0.15, -0.1) is 24.0 Å². The molecule has 0 aromatic heterocycles. The lowest BCUT2D eigenvalue weighted by molar-refractivity contribution is 0.0174. The van der Waals surface area contributed by atoms with Crippen LogP contribution in [-0.2, 0) is 0 Å². The van der Waals surface area contributed by atoms with E-state index in [-0.39, 0.29) is 24.0 Å². The molecule has 1 unspecified atom stereocenters. The molecule has 4 fully saturated rings. The minimum absolute atomic E-state index is 0. The molecule has 0 aromatic carbocycles. The molecule has 0 aromatic rings. The van der Waals surface area contributed by atoms with E-state index in [1.807, 2.05) is 0 Å². The third-order valence-electron chi connectivity index (χ3n) is 5.37. The second-order valence-electron chi connectivity index (χ2n) is 7.04. The van der Waals surface area contributed by atoms with Crippen LogP contribution in [0.15, 0.2) is 4.99 Å². The number of hydrogen-bond donors (Lipinski definition) is 2. The van der Waals surface area contributed by atoms with Gasteiger partial charge in [0.25, 0.3) is 0 Å². The number of nitrogens with zero attached hydrogens (tertiary/aromatic N) is 4. The Labute approximate surface area is 164 Å². The topological polar surface area (TPSA) is 46.1 Å². The summed E-state index contributed by atoms with van der Waals surface area (Å²) < 4.78 is 0. The van der Waals surface area contributed by atoms with Crippen LogP contribution in [0.25, 0.3) is 0 Å². The Bertz CT molecular complexity index is 377. The molecular weight excluding hydrogens is 415 g/mol. The fraction of sp³-hybridized carbons (Fsp3) is 0.941. The standard InChI is InChI=1S/C17H34N6.HI/c1-2-18-17(19-6-9-21-7-4-3-5-8-21)20-14-16-15-22-10-12-23(16)13-11-22;/h16H,2-15H2,1H3,(H2,18,19,20);1H. The third-order valence-corrected chi connectivity index (χ3v) is 5.37. The summed E-state index contributed by atoms with van der Waals surface area (Å²) in [4.78, 5) is 12.6. The van der Waals surface area contributed by atoms with E-state index in [1.54, 1.807) is 0 Å². The molecular formula is C17H35IN6. The average Bonchev–Trinajstić information content (AvgIpc) is 2.61. The van der Waals surface area contributed by atoms with Gasteiger partial charge in [0.1, 0.15) is 0 Å². The number of piperazine rings is 3. The first-order chi connectivity index (χ1) is 11.3. The zero-order valence-electron chi connectivity index (χ0n) is 15.2. The largest absolute Gasteiger partial charge is 0.357 e. The van der Waals surface area contributed by atoms with Gasteiger partial charge in [-0.2, -0.15) is 0 Å². The van der Waals surface area contributed by atoms with Gasteiger partial charge >= 0.3 is 0 Å². The van der Waals surface area contributed by atoms with Crippen LogP contribution in [0.5, 0.6) is 0 Å². The summed E-state index contributed by atoms with van der Waals surface area (Å²) in [7, 11) is 0. The van der Waals surface area contributed by atoms with Crippen LogP contribution in [0, 0.1) is 0 Å². The molecule has 2 bridgehead atoms. The van der Waals surface area contributed by atoms with E-state index in [1.165, 1.54) is 65.1 Å². The maximum atomic E-state index is 4.85. The van der Waals surface area contributed by atoms with Crippen molar-refractivity contribution in [3.05, 3.63) is 0 Å². The van der Waals surface area contributed by atoms with Crippen LogP contribution in [0.4, 0.5) is 0 Å².